The molecule has 1 aromatic rings. The molecule has 0 saturated carbocycles. The fourth-order valence-electron chi connectivity index (χ4n) is 1.79. The van der Waals surface area contributed by atoms with Crippen LogP contribution in [0.3, 0.4) is 0 Å². The van der Waals surface area contributed by atoms with Gasteiger partial charge in [0.1, 0.15) is 0 Å². The molecule has 0 bridgehead atoms. The summed E-state index contributed by atoms with van der Waals surface area (Å²) in [6.45, 7) is 7.98. The zero-order chi connectivity index (χ0) is 12.7. The van der Waals surface area contributed by atoms with Crippen LogP contribution in [0, 0.1) is 6.92 Å². The molecule has 0 saturated heterocycles. The first-order valence-electron chi connectivity index (χ1n) is 6.27. The Labute approximate surface area is 107 Å². The van der Waals surface area contributed by atoms with Gasteiger partial charge in [0.2, 0.25) is 0 Å². The zero-order valence-corrected chi connectivity index (χ0v) is 11.6. The van der Waals surface area contributed by atoms with E-state index in [-0.39, 0.29) is 5.25 Å². The molecule has 0 spiro atoms. The molecule has 0 radical (unpaired) electrons. The number of hydrogen-bond acceptors (Lipinski definition) is 1. The lowest BCUT2D eigenvalue weighted by Gasteiger charge is -2.14. The van der Waals surface area contributed by atoms with E-state index in [9.17, 15) is 4.21 Å². The Balaban J connectivity index is 2.75. The van der Waals surface area contributed by atoms with Gasteiger partial charge < -0.3 is 0 Å². The highest BCUT2D eigenvalue weighted by atomic mass is 32.2. The van der Waals surface area contributed by atoms with Gasteiger partial charge in [0.15, 0.2) is 0 Å². The molecule has 2 atom stereocenters. The minimum Gasteiger partial charge on any atom is -0.254 e. The third-order valence-corrected chi connectivity index (χ3v) is 4.64. The number of aryl methyl sites for hydroxylation is 1. The fourth-order valence-corrected chi connectivity index (χ4v) is 3.28. The summed E-state index contributed by atoms with van der Waals surface area (Å²) in [7, 11) is -0.902. The quantitative estimate of drug-likeness (QED) is 0.662. The van der Waals surface area contributed by atoms with Gasteiger partial charge in [0.05, 0.1) is 10.8 Å². The first kappa shape index (κ1) is 14.2. The summed E-state index contributed by atoms with van der Waals surface area (Å²) in [4.78, 5) is 0.943. The van der Waals surface area contributed by atoms with Crippen molar-refractivity contribution in [3.63, 3.8) is 0 Å². The van der Waals surface area contributed by atoms with E-state index in [1.165, 1.54) is 5.56 Å². The second-order valence-corrected chi connectivity index (χ2v) is 6.13. The molecule has 0 aliphatic heterocycles. The molecule has 0 amide bonds. The second kappa shape index (κ2) is 7.44. The second-order valence-electron chi connectivity index (χ2n) is 4.40. The maximum atomic E-state index is 12.4. The van der Waals surface area contributed by atoms with Crippen LogP contribution in [0.2, 0.25) is 0 Å². The van der Waals surface area contributed by atoms with E-state index in [1.54, 1.807) is 0 Å². The van der Waals surface area contributed by atoms with Crippen molar-refractivity contribution in [2.75, 3.05) is 0 Å². The highest BCUT2D eigenvalue weighted by Gasteiger charge is 2.16. The number of allylic oxidation sites excluding steroid dienone is 1. The number of unbranched alkanes of at least 4 members (excludes halogenated alkanes) is 1. The van der Waals surface area contributed by atoms with Gasteiger partial charge >= 0.3 is 0 Å². The van der Waals surface area contributed by atoms with Crippen LogP contribution in [-0.2, 0) is 10.8 Å². The van der Waals surface area contributed by atoms with Gasteiger partial charge in [-0.25, -0.2) is 0 Å². The monoisotopic (exact) mass is 250 g/mol. The Morgan fingerprint density at radius 3 is 2.53 bits per heavy atom. The average Bonchev–Trinajstić information content (AvgIpc) is 2.34. The van der Waals surface area contributed by atoms with Gasteiger partial charge in [-0.2, -0.15) is 0 Å². The van der Waals surface area contributed by atoms with Crippen LogP contribution in [0.15, 0.2) is 41.8 Å². The van der Waals surface area contributed by atoms with E-state index in [2.05, 4.69) is 13.5 Å². The standard InChI is InChI=1S/C15H22OS/c1-4-6-8-14(7-5-2)17(16)15-11-9-13(3)10-12-15/h5,9-12,14H,2,4,6-8H2,1,3H3. The Morgan fingerprint density at radius 1 is 1.35 bits per heavy atom. The SMILES string of the molecule is C=CCC(CCCC)S(=O)c1ccc(C)cc1. The van der Waals surface area contributed by atoms with Crippen LogP contribution in [0.4, 0.5) is 0 Å². The van der Waals surface area contributed by atoms with Crippen molar-refractivity contribution in [1.82, 2.24) is 0 Å². The summed E-state index contributed by atoms with van der Waals surface area (Å²) >= 11 is 0. The fraction of sp³-hybridized carbons (Fsp3) is 0.467. The maximum absolute atomic E-state index is 12.4. The summed E-state index contributed by atoms with van der Waals surface area (Å²) in [5.41, 5.74) is 1.21. The lowest BCUT2D eigenvalue weighted by molar-refractivity contribution is 0.637. The molecule has 0 fully saturated rings. The van der Waals surface area contributed by atoms with Crippen molar-refractivity contribution in [2.24, 2.45) is 0 Å². The van der Waals surface area contributed by atoms with E-state index in [0.29, 0.717) is 0 Å². The van der Waals surface area contributed by atoms with Gasteiger partial charge in [-0.05, 0) is 31.9 Å². The normalized spacial score (nSPS) is 14.2. The van der Waals surface area contributed by atoms with Crippen molar-refractivity contribution in [3.05, 3.63) is 42.5 Å². The van der Waals surface area contributed by atoms with Crippen LogP contribution in [0.25, 0.3) is 0 Å². The van der Waals surface area contributed by atoms with E-state index >= 15 is 0 Å². The van der Waals surface area contributed by atoms with Gasteiger partial charge in [-0.1, -0.05) is 43.5 Å². The summed E-state index contributed by atoms with van der Waals surface area (Å²) < 4.78 is 12.4. The minimum absolute atomic E-state index is 0.218. The molecule has 17 heavy (non-hydrogen) atoms. The molecule has 94 valence electrons. The van der Waals surface area contributed by atoms with Crippen molar-refractivity contribution >= 4 is 10.8 Å². The lowest BCUT2D eigenvalue weighted by Crippen LogP contribution is -2.14. The van der Waals surface area contributed by atoms with Crippen LogP contribution >= 0.6 is 0 Å². The highest BCUT2D eigenvalue weighted by molar-refractivity contribution is 7.85. The molecule has 1 nitrogen and oxygen atoms in total. The van der Waals surface area contributed by atoms with Gasteiger partial charge in [-0.15, -0.1) is 6.58 Å². The van der Waals surface area contributed by atoms with Crippen molar-refractivity contribution in [3.8, 4) is 0 Å². The molecule has 0 aliphatic carbocycles. The predicted octanol–water partition coefficient (Wildman–Crippen LogP) is 4.24. The Bertz CT molecular complexity index is 367. The third-order valence-electron chi connectivity index (χ3n) is 2.87. The summed E-state index contributed by atoms with van der Waals surface area (Å²) in [5.74, 6) is 0. The molecule has 2 heteroatoms. The van der Waals surface area contributed by atoms with Gasteiger partial charge in [-0.3, -0.25) is 4.21 Å². The summed E-state index contributed by atoms with van der Waals surface area (Å²) in [6.07, 6.45) is 6.02. The summed E-state index contributed by atoms with van der Waals surface area (Å²) in [6, 6.07) is 8.01. The van der Waals surface area contributed by atoms with Crippen LogP contribution in [0.1, 0.15) is 38.2 Å². The smallest absolute Gasteiger partial charge is 0.0563 e. The van der Waals surface area contributed by atoms with E-state index in [4.69, 9.17) is 0 Å². The molecule has 2 unspecified atom stereocenters. The van der Waals surface area contributed by atoms with Crippen LogP contribution in [0.5, 0.6) is 0 Å². The Morgan fingerprint density at radius 2 is 2.00 bits per heavy atom. The van der Waals surface area contributed by atoms with Crippen LogP contribution < -0.4 is 0 Å². The number of hydrogen-bond donors (Lipinski definition) is 0. The molecule has 0 aliphatic rings. The molecular weight excluding hydrogens is 228 g/mol. The molecule has 0 aromatic heterocycles. The average molecular weight is 250 g/mol. The van der Waals surface area contributed by atoms with E-state index in [0.717, 1.165) is 30.6 Å². The van der Waals surface area contributed by atoms with E-state index < -0.39 is 10.8 Å². The van der Waals surface area contributed by atoms with Crippen molar-refractivity contribution < 1.29 is 4.21 Å². The highest BCUT2D eigenvalue weighted by Crippen LogP contribution is 2.19. The number of rotatable bonds is 7. The van der Waals surface area contributed by atoms with Crippen molar-refractivity contribution in [1.29, 1.82) is 0 Å². The lowest BCUT2D eigenvalue weighted by atomic mass is 10.1. The number of benzene rings is 1. The maximum Gasteiger partial charge on any atom is 0.0563 e. The first-order chi connectivity index (χ1) is 8.19. The van der Waals surface area contributed by atoms with Gasteiger partial charge in [0.25, 0.3) is 0 Å². The Kier molecular flexibility index (Phi) is 6.20. The minimum atomic E-state index is -0.902. The summed E-state index contributed by atoms with van der Waals surface area (Å²) in [5, 5.41) is 0.218. The zero-order valence-electron chi connectivity index (χ0n) is 10.8. The van der Waals surface area contributed by atoms with E-state index in [1.807, 2.05) is 37.3 Å². The molecule has 1 aromatic carbocycles. The molecule has 1 rings (SSSR count). The first-order valence-corrected chi connectivity index (χ1v) is 7.48. The molecule has 0 N–H and O–H groups in total. The topological polar surface area (TPSA) is 17.1 Å². The van der Waals surface area contributed by atoms with Crippen molar-refractivity contribution in [2.45, 2.75) is 49.7 Å². The largest absolute Gasteiger partial charge is 0.254 e. The van der Waals surface area contributed by atoms with Gasteiger partial charge in [0, 0.05) is 10.1 Å². The molecular formula is C15H22OS. The third kappa shape index (κ3) is 4.47. The molecule has 0 heterocycles. The van der Waals surface area contributed by atoms with Crippen LogP contribution in [-0.4, -0.2) is 9.46 Å². The predicted molar refractivity (Wildman–Crippen MR) is 75.7 cm³/mol. The Hall–Kier alpha value is -0.890.